The predicted molar refractivity (Wildman–Crippen MR) is 106 cm³/mol. The summed E-state index contributed by atoms with van der Waals surface area (Å²) in [7, 11) is -3.51. The molecule has 1 saturated heterocycles. The van der Waals surface area contributed by atoms with Gasteiger partial charge in [0.2, 0.25) is 10.0 Å². The molecule has 0 amide bonds. The third kappa shape index (κ3) is 5.25. The number of ether oxygens (including phenoxy) is 2. The molecule has 1 fully saturated rings. The van der Waals surface area contributed by atoms with E-state index >= 15 is 0 Å². The monoisotopic (exact) mass is 423 g/mol. The van der Waals surface area contributed by atoms with Crippen molar-refractivity contribution in [1.29, 1.82) is 0 Å². The number of rotatable bonds is 7. The van der Waals surface area contributed by atoms with E-state index in [1.807, 2.05) is 0 Å². The molecule has 0 bridgehead atoms. The molecule has 8 heteroatoms. The molecular formula is C20H22ClNO5S. The van der Waals surface area contributed by atoms with E-state index in [9.17, 15) is 13.2 Å². The third-order valence-electron chi connectivity index (χ3n) is 4.44. The van der Waals surface area contributed by atoms with Gasteiger partial charge in [-0.15, -0.1) is 0 Å². The smallest absolute Gasteiger partial charge is 0.338 e. The largest absolute Gasteiger partial charge is 0.490 e. The molecule has 0 spiro atoms. The number of piperidine rings is 1. The van der Waals surface area contributed by atoms with Crippen LogP contribution in [-0.2, 0) is 14.8 Å². The Hall–Kier alpha value is -2.09. The van der Waals surface area contributed by atoms with Crippen LogP contribution in [0, 0.1) is 0 Å². The summed E-state index contributed by atoms with van der Waals surface area (Å²) in [5.74, 6) is 0.106. The van der Waals surface area contributed by atoms with Crippen LogP contribution in [0.25, 0.3) is 0 Å². The summed E-state index contributed by atoms with van der Waals surface area (Å²) in [6, 6.07) is 12.7. The summed E-state index contributed by atoms with van der Waals surface area (Å²) >= 11 is 5.80. The van der Waals surface area contributed by atoms with Crippen molar-refractivity contribution in [3.63, 3.8) is 0 Å². The number of nitrogens with zero attached hydrogens (tertiary/aromatic N) is 1. The SMILES string of the molecule is O=C(OCCOc1ccc(Cl)cc1)c1ccc(S(=O)(=O)N2CCCCC2)cc1. The molecule has 0 radical (unpaired) electrons. The number of carbonyl (C=O) groups excluding carboxylic acids is 1. The Bertz CT molecular complexity index is 891. The van der Waals surface area contributed by atoms with Gasteiger partial charge in [0.25, 0.3) is 0 Å². The van der Waals surface area contributed by atoms with E-state index in [4.69, 9.17) is 21.1 Å². The standard InChI is InChI=1S/C20H22ClNO5S/c21-17-6-8-18(9-7-17)26-14-15-27-20(23)16-4-10-19(11-5-16)28(24,25)22-12-2-1-3-13-22/h4-11H,1-3,12-15H2. The van der Waals surface area contributed by atoms with E-state index in [-0.39, 0.29) is 18.1 Å². The van der Waals surface area contributed by atoms with Gasteiger partial charge in [-0.05, 0) is 61.4 Å². The molecule has 0 aliphatic carbocycles. The average Bonchev–Trinajstić information content (AvgIpc) is 2.73. The Morgan fingerprint density at radius 1 is 0.929 bits per heavy atom. The first-order valence-corrected chi connectivity index (χ1v) is 10.9. The molecule has 1 heterocycles. The normalized spacial score (nSPS) is 15.2. The van der Waals surface area contributed by atoms with Crippen LogP contribution in [0.15, 0.2) is 53.4 Å². The number of sulfonamides is 1. The Labute approximate surface area is 170 Å². The first kappa shape index (κ1) is 20.6. The predicted octanol–water partition coefficient (Wildman–Crippen LogP) is 3.75. The molecule has 150 valence electrons. The minimum Gasteiger partial charge on any atom is -0.490 e. The fourth-order valence-electron chi connectivity index (χ4n) is 2.93. The zero-order chi connectivity index (χ0) is 20.0. The molecule has 3 rings (SSSR count). The highest BCUT2D eigenvalue weighted by Gasteiger charge is 2.26. The van der Waals surface area contributed by atoms with Gasteiger partial charge in [-0.25, -0.2) is 13.2 Å². The van der Waals surface area contributed by atoms with Crippen LogP contribution in [0.1, 0.15) is 29.6 Å². The van der Waals surface area contributed by atoms with Gasteiger partial charge >= 0.3 is 5.97 Å². The highest BCUT2D eigenvalue weighted by molar-refractivity contribution is 7.89. The third-order valence-corrected chi connectivity index (χ3v) is 6.61. The van der Waals surface area contributed by atoms with Gasteiger partial charge in [0.1, 0.15) is 19.0 Å². The number of carbonyl (C=O) groups is 1. The highest BCUT2D eigenvalue weighted by Crippen LogP contribution is 2.21. The lowest BCUT2D eigenvalue weighted by Crippen LogP contribution is -2.35. The highest BCUT2D eigenvalue weighted by atomic mass is 35.5. The van der Waals surface area contributed by atoms with E-state index < -0.39 is 16.0 Å². The summed E-state index contributed by atoms with van der Waals surface area (Å²) in [6.45, 7) is 1.36. The number of esters is 1. The lowest BCUT2D eigenvalue weighted by Gasteiger charge is -2.25. The van der Waals surface area contributed by atoms with Crippen molar-refractivity contribution in [2.45, 2.75) is 24.2 Å². The molecule has 28 heavy (non-hydrogen) atoms. The van der Waals surface area contributed by atoms with Gasteiger partial charge < -0.3 is 9.47 Å². The van der Waals surface area contributed by atoms with Gasteiger partial charge in [0.05, 0.1) is 10.5 Å². The molecule has 1 aliphatic heterocycles. The lowest BCUT2D eigenvalue weighted by atomic mass is 10.2. The van der Waals surface area contributed by atoms with Crippen LogP contribution in [0.4, 0.5) is 0 Å². The van der Waals surface area contributed by atoms with E-state index in [1.54, 1.807) is 24.3 Å². The Morgan fingerprint density at radius 3 is 2.21 bits per heavy atom. The molecule has 6 nitrogen and oxygen atoms in total. The second-order valence-corrected chi connectivity index (χ2v) is 8.80. The number of hydrogen-bond acceptors (Lipinski definition) is 5. The van der Waals surface area contributed by atoms with Crippen molar-refractivity contribution in [2.75, 3.05) is 26.3 Å². The van der Waals surface area contributed by atoms with Crippen molar-refractivity contribution >= 4 is 27.6 Å². The maximum atomic E-state index is 12.6. The van der Waals surface area contributed by atoms with Crippen molar-refractivity contribution in [3.8, 4) is 5.75 Å². The molecule has 2 aromatic rings. The summed E-state index contributed by atoms with van der Waals surface area (Å²) in [5.41, 5.74) is 0.295. The van der Waals surface area contributed by atoms with Crippen LogP contribution in [0.3, 0.4) is 0 Å². The summed E-state index contributed by atoms with van der Waals surface area (Å²) in [5, 5.41) is 0.615. The van der Waals surface area contributed by atoms with Gasteiger partial charge in [-0.2, -0.15) is 4.31 Å². The van der Waals surface area contributed by atoms with Crippen LogP contribution in [-0.4, -0.2) is 45.0 Å². The summed E-state index contributed by atoms with van der Waals surface area (Å²) in [4.78, 5) is 12.3. The maximum absolute atomic E-state index is 12.6. The van der Waals surface area contributed by atoms with Crippen LogP contribution >= 0.6 is 11.6 Å². The molecule has 1 aliphatic rings. The first-order chi connectivity index (χ1) is 13.5. The summed E-state index contributed by atoms with van der Waals surface area (Å²) < 4.78 is 37.4. The van der Waals surface area contributed by atoms with Crippen LogP contribution < -0.4 is 4.74 Å². The zero-order valence-electron chi connectivity index (χ0n) is 15.3. The number of hydrogen-bond donors (Lipinski definition) is 0. The maximum Gasteiger partial charge on any atom is 0.338 e. The average molecular weight is 424 g/mol. The Morgan fingerprint density at radius 2 is 1.57 bits per heavy atom. The second-order valence-electron chi connectivity index (χ2n) is 6.43. The van der Waals surface area contributed by atoms with Crippen LogP contribution in [0.2, 0.25) is 5.02 Å². The topological polar surface area (TPSA) is 72.9 Å². The van der Waals surface area contributed by atoms with Gasteiger partial charge in [-0.1, -0.05) is 18.0 Å². The number of benzene rings is 2. The molecular weight excluding hydrogens is 402 g/mol. The van der Waals surface area contributed by atoms with E-state index in [2.05, 4.69) is 0 Å². The number of halogens is 1. The minimum atomic E-state index is -3.51. The van der Waals surface area contributed by atoms with E-state index in [1.165, 1.54) is 28.6 Å². The van der Waals surface area contributed by atoms with Gasteiger partial charge in [0, 0.05) is 18.1 Å². The van der Waals surface area contributed by atoms with Crippen molar-refractivity contribution < 1.29 is 22.7 Å². The molecule has 0 N–H and O–H groups in total. The van der Waals surface area contributed by atoms with Crippen molar-refractivity contribution in [1.82, 2.24) is 4.31 Å². The molecule has 0 unspecified atom stereocenters. The van der Waals surface area contributed by atoms with E-state index in [0.29, 0.717) is 29.4 Å². The Balaban J connectivity index is 1.51. The molecule has 0 aromatic heterocycles. The fraction of sp³-hybridized carbons (Fsp3) is 0.350. The first-order valence-electron chi connectivity index (χ1n) is 9.12. The fourth-order valence-corrected chi connectivity index (χ4v) is 4.57. The van der Waals surface area contributed by atoms with Crippen LogP contribution in [0.5, 0.6) is 5.75 Å². The molecule has 2 aromatic carbocycles. The molecule has 0 atom stereocenters. The van der Waals surface area contributed by atoms with Gasteiger partial charge in [-0.3, -0.25) is 0 Å². The lowest BCUT2D eigenvalue weighted by molar-refractivity contribution is 0.0450. The quantitative estimate of drug-likeness (QED) is 0.501. The second kappa shape index (κ2) is 9.41. The minimum absolute atomic E-state index is 0.0787. The molecule has 0 saturated carbocycles. The van der Waals surface area contributed by atoms with Gasteiger partial charge in [0.15, 0.2) is 0 Å². The van der Waals surface area contributed by atoms with E-state index in [0.717, 1.165) is 19.3 Å². The van der Waals surface area contributed by atoms with Crippen molar-refractivity contribution in [2.24, 2.45) is 0 Å². The van der Waals surface area contributed by atoms with Crippen molar-refractivity contribution in [3.05, 3.63) is 59.1 Å². The Kier molecular flexibility index (Phi) is 6.93. The summed E-state index contributed by atoms with van der Waals surface area (Å²) in [6.07, 6.45) is 2.81. The zero-order valence-corrected chi connectivity index (χ0v) is 16.9.